The number of aromatic nitrogens is 4. The zero-order valence-electron chi connectivity index (χ0n) is 54.6. The topological polar surface area (TPSA) is 35.6 Å². The second-order valence-electron chi connectivity index (χ2n) is 31.7. The molecule has 12 aromatic rings. The van der Waals surface area contributed by atoms with Crippen LogP contribution in [0.25, 0.3) is 111 Å². The maximum Gasteiger partial charge on any atom is 0.252 e. The zero-order chi connectivity index (χ0) is 61.4. The highest BCUT2D eigenvalue weighted by molar-refractivity contribution is 7.00. The minimum Gasteiger partial charge on any atom is -0.310 e. The van der Waals surface area contributed by atoms with E-state index in [0.717, 1.165) is 33.9 Å². The van der Waals surface area contributed by atoms with Crippen molar-refractivity contribution in [3.8, 4) is 67.5 Å². The van der Waals surface area contributed by atoms with Crippen LogP contribution in [-0.2, 0) is 32.5 Å². The summed E-state index contributed by atoms with van der Waals surface area (Å²) in [6.07, 6.45) is 0. The molecule has 5 heteroatoms. The highest BCUT2D eigenvalue weighted by atomic mass is 15.0. The summed E-state index contributed by atoms with van der Waals surface area (Å²) in [5.74, 6) is 0.728. The first kappa shape index (κ1) is 56.5. The van der Waals surface area contributed by atoms with E-state index in [1.54, 1.807) is 0 Å². The van der Waals surface area contributed by atoms with E-state index in [0.29, 0.717) is 0 Å². The summed E-state index contributed by atoms with van der Waals surface area (Å²) in [6, 6.07) is 68.0. The number of benzene rings is 9. The molecule has 0 unspecified atom stereocenters. The van der Waals surface area contributed by atoms with E-state index in [4.69, 9.17) is 9.97 Å². The summed E-state index contributed by atoms with van der Waals surface area (Å²) in [6.45, 7) is 42.1. The molecule has 2 aliphatic rings. The van der Waals surface area contributed by atoms with Crippen LogP contribution in [0.5, 0.6) is 0 Å². The van der Waals surface area contributed by atoms with Crippen LogP contribution in [0, 0.1) is 0 Å². The molecule has 0 aliphatic carbocycles. The largest absolute Gasteiger partial charge is 0.310 e. The summed E-state index contributed by atoms with van der Waals surface area (Å²) in [5.41, 5.74) is 28.4. The molecule has 0 amide bonds. The minimum atomic E-state index is -0.119. The third-order valence-corrected chi connectivity index (χ3v) is 19.2. The Bertz CT molecular complexity index is 4470. The molecule has 0 saturated heterocycles. The molecule has 0 spiro atoms. The third-order valence-electron chi connectivity index (χ3n) is 19.2. The van der Waals surface area contributed by atoms with Crippen molar-refractivity contribution in [2.45, 2.75) is 157 Å². The first-order valence-corrected chi connectivity index (χ1v) is 31.7. The molecule has 14 rings (SSSR count). The summed E-state index contributed by atoms with van der Waals surface area (Å²) in [7, 11) is 0. The van der Waals surface area contributed by atoms with Crippen LogP contribution in [0.4, 0.5) is 0 Å². The second-order valence-corrected chi connectivity index (χ2v) is 31.7. The second kappa shape index (κ2) is 19.1. The molecule has 434 valence electrons. The first-order chi connectivity index (χ1) is 40.9. The molecule has 0 fully saturated rings. The van der Waals surface area contributed by atoms with Crippen molar-refractivity contribution in [2.24, 2.45) is 0 Å². The maximum absolute atomic E-state index is 5.87. The van der Waals surface area contributed by atoms with Crippen LogP contribution in [-0.4, -0.2) is 25.8 Å². The first-order valence-electron chi connectivity index (χ1n) is 31.7. The molecular weight excluding hydrogens is 1050 g/mol. The van der Waals surface area contributed by atoms with Crippen LogP contribution in [0.15, 0.2) is 176 Å². The molecule has 0 atom stereocenters. The van der Waals surface area contributed by atoms with Gasteiger partial charge in [-0.1, -0.05) is 222 Å². The van der Waals surface area contributed by atoms with Gasteiger partial charge in [0.05, 0.1) is 22.4 Å². The van der Waals surface area contributed by atoms with Crippen molar-refractivity contribution < 1.29 is 0 Å². The fourth-order valence-corrected chi connectivity index (χ4v) is 13.8. The predicted molar refractivity (Wildman–Crippen MR) is 375 cm³/mol. The van der Waals surface area contributed by atoms with Gasteiger partial charge >= 0.3 is 0 Å². The Morgan fingerprint density at radius 2 is 0.632 bits per heavy atom. The molecule has 5 heterocycles. The Balaban J connectivity index is 1.15. The fourth-order valence-electron chi connectivity index (χ4n) is 13.8. The smallest absolute Gasteiger partial charge is 0.252 e. The van der Waals surface area contributed by atoms with Crippen LogP contribution >= 0.6 is 0 Å². The lowest BCUT2D eigenvalue weighted by molar-refractivity contribution is 0.568. The molecule has 0 N–H and O–H groups in total. The number of hydrogen-bond donors (Lipinski definition) is 0. The number of fused-ring (bicyclic) bond motifs is 10. The van der Waals surface area contributed by atoms with Crippen molar-refractivity contribution in [2.75, 3.05) is 0 Å². The molecular formula is C82H83BN4. The highest BCUT2D eigenvalue weighted by Crippen LogP contribution is 2.46. The van der Waals surface area contributed by atoms with E-state index < -0.39 is 0 Å². The van der Waals surface area contributed by atoms with Gasteiger partial charge in [0.15, 0.2) is 5.82 Å². The molecule has 0 saturated carbocycles. The van der Waals surface area contributed by atoms with Crippen molar-refractivity contribution in [3.05, 3.63) is 209 Å². The SMILES string of the molecule is CC(C)(C)c1cc(-c2cc(-c3cc4c5c(c3)-n3c6ccc(-c7ccccc7)cc6c6cc(C(C)(C)C)cc(c63)B5c3cc(C(C)(C)C)cc5c6cc(-c7ccccc7)ccc6n-4c35)nc(-c3cc(C(C)(C)C)cc(C(C)(C)C)c3)n2)cc(C(C)(C)C)c1. The molecule has 0 radical (unpaired) electrons. The van der Waals surface area contributed by atoms with Gasteiger partial charge in [0.1, 0.15) is 0 Å². The Kier molecular flexibility index (Phi) is 12.4. The molecule has 87 heavy (non-hydrogen) atoms. The van der Waals surface area contributed by atoms with Crippen molar-refractivity contribution >= 4 is 66.7 Å². The van der Waals surface area contributed by atoms with Gasteiger partial charge in [-0.3, -0.25) is 0 Å². The monoisotopic (exact) mass is 1130 g/mol. The van der Waals surface area contributed by atoms with Gasteiger partial charge in [0, 0.05) is 60.6 Å². The van der Waals surface area contributed by atoms with Crippen molar-refractivity contribution in [3.63, 3.8) is 0 Å². The molecule has 3 aromatic heterocycles. The summed E-state index contributed by atoms with van der Waals surface area (Å²) in [4.78, 5) is 11.6. The predicted octanol–water partition coefficient (Wildman–Crippen LogP) is 19.9. The Morgan fingerprint density at radius 1 is 0.287 bits per heavy atom. The third kappa shape index (κ3) is 9.40. The van der Waals surface area contributed by atoms with Crippen molar-refractivity contribution in [1.29, 1.82) is 0 Å². The molecule has 0 bridgehead atoms. The van der Waals surface area contributed by atoms with E-state index in [1.165, 1.54) is 127 Å². The van der Waals surface area contributed by atoms with Gasteiger partial charge in [-0.25, -0.2) is 9.97 Å². The Labute approximate surface area is 516 Å². The van der Waals surface area contributed by atoms with Gasteiger partial charge in [-0.15, -0.1) is 0 Å². The summed E-state index contributed by atoms with van der Waals surface area (Å²) < 4.78 is 5.28. The normalized spacial score (nSPS) is 13.6. The lowest BCUT2D eigenvalue weighted by Gasteiger charge is -2.36. The van der Waals surface area contributed by atoms with Gasteiger partial charge in [-0.2, -0.15) is 0 Å². The van der Waals surface area contributed by atoms with Crippen molar-refractivity contribution in [1.82, 2.24) is 19.1 Å². The summed E-state index contributed by atoms with van der Waals surface area (Å²) in [5, 5.41) is 5.10. The fraction of sp³-hybridized carbons (Fsp3) is 0.293. The summed E-state index contributed by atoms with van der Waals surface area (Å²) >= 11 is 0. The van der Waals surface area contributed by atoms with E-state index in [9.17, 15) is 0 Å². The standard InChI is InChI=1S/C82H83BN4/c1-77(2,3)55-33-52(34-56(41-55)78(4,5)6)67-47-68(85-76(84-67)54-35-57(79(7,8)9)42-58(36-54)80(10,11)12)53-39-71-73-72(40-53)87-70-32-30-51(49-27-23-20-24-28-49)38-62(70)64-44-60(82(16,17)18)46-66(75(64)87)83(73)65-45-59(81(13,14)15)43-63-61-37-50(48-25-21-19-22-26-48)29-31-69(61)86(71)74(63)65/h19-47H,1-18H3. The Morgan fingerprint density at radius 3 is 1.00 bits per heavy atom. The van der Waals surface area contributed by atoms with E-state index in [1.807, 2.05) is 0 Å². The minimum absolute atomic E-state index is 0.0714. The van der Waals surface area contributed by atoms with E-state index in [2.05, 4.69) is 310 Å². The van der Waals surface area contributed by atoms with Gasteiger partial charge < -0.3 is 9.13 Å². The zero-order valence-corrected chi connectivity index (χ0v) is 54.6. The quantitative estimate of drug-likeness (QED) is 0.161. The van der Waals surface area contributed by atoms with Crippen LogP contribution in [0.1, 0.15) is 158 Å². The number of hydrogen-bond acceptors (Lipinski definition) is 2. The highest BCUT2D eigenvalue weighted by Gasteiger charge is 2.43. The average Bonchev–Trinajstić information content (AvgIpc) is 1.60. The van der Waals surface area contributed by atoms with E-state index >= 15 is 0 Å². The lowest BCUT2D eigenvalue weighted by atomic mass is 9.34. The van der Waals surface area contributed by atoms with Gasteiger partial charge in [0.2, 0.25) is 0 Å². The number of rotatable bonds is 5. The molecule has 9 aromatic carbocycles. The lowest BCUT2D eigenvalue weighted by Crippen LogP contribution is -2.59. The van der Waals surface area contributed by atoms with Gasteiger partial charge in [-0.05, 0) is 183 Å². The number of nitrogens with zero attached hydrogens (tertiary/aromatic N) is 4. The van der Waals surface area contributed by atoms with Gasteiger partial charge in [0.25, 0.3) is 6.71 Å². The Hall–Kier alpha value is -8.28. The average molecular weight is 1140 g/mol. The maximum atomic E-state index is 5.87. The van der Waals surface area contributed by atoms with Crippen LogP contribution in [0.3, 0.4) is 0 Å². The van der Waals surface area contributed by atoms with Crippen LogP contribution < -0.4 is 16.4 Å². The molecule has 4 nitrogen and oxygen atoms in total. The van der Waals surface area contributed by atoms with E-state index in [-0.39, 0.29) is 39.2 Å². The van der Waals surface area contributed by atoms with Crippen LogP contribution in [0.2, 0.25) is 0 Å². The molecule has 2 aliphatic heterocycles.